The van der Waals surface area contributed by atoms with Gasteiger partial charge in [-0.25, -0.2) is 0 Å². The van der Waals surface area contributed by atoms with Crippen LogP contribution in [0.3, 0.4) is 0 Å². The molecule has 4 aliphatic rings. The molecule has 0 spiro atoms. The van der Waals surface area contributed by atoms with Crippen LogP contribution in [0.5, 0.6) is 5.75 Å². The monoisotopic (exact) mass is 588 g/mol. The molecule has 9 nitrogen and oxygen atoms in total. The average molecular weight is 589 g/mol. The van der Waals surface area contributed by atoms with Gasteiger partial charge < -0.3 is 15.0 Å². The number of piperidine rings is 2. The van der Waals surface area contributed by atoms with Crippen molar-refractivity contribution >= 4 is 11.8 Å². The van der Waals surface area contributed by atoms with Crippen LogP contribution in [0.15, 0.2) is 66.9 Å². The molecule has 1 aliphatic carbocycles. The number of fused-ring (bicyclic) bond motifs is 4. The van der Waals surface area contributed by atoms with E-state index in [1.54, 1.807) is 24.3 Å². The number of amides is 2. The van der Waals surface area contributed by atoms with Gasteiger partial charge in [0.25, 0.3) is 11.8 Å². The Kier molecular flexibility index (Phi) is 8.86. The highest BCUT2D eigenvalue weighted by Gasteiger charge is 2.39. The molecule has 1 N–H and O–H groups in total. The van der Waals surface area contributed by atoms with Crippen molar-refractivity contribution in [2.45, 2.75) is 63.3 Å². The lowest BCUT2D eigenvalue weighted by Gasteiger charge is -2.36. The van der Waals surface area contributed by atoms with E-state index in [1.165, 1.54) is 11.8 Å². The molecule has 9 heteroatoms. The summed E-state index contributed by atoms with van der Waals surface area (Å²) in [6, 6.07) is 22.7. The first kappa shape index (κ1) is 29.3. The number of nitrogens with one attached hydrogen (secondary N) is 1. The van der Waals surface area contributed by atoms with Crippen molar-refractivity contribution in [3.05, 3.63) is 94.8 Å². The lowest BCUT2D eigenvalue weighted by Crippen LogP contribution is -2.45. The maximum Gasteiger partial charge on any atom is 0.270 e. The summed E-state index contributed by atoms with van der Waals surface area (Å²) in [6.45, 7) is 3.28. The maximum atomic E-state index is 13.6. The second kappa shape index (κ2) is 13.3. The van der Waals surface area contributed by atoms with Gasteiger partial charge in [0.15, 0.2) is 0 Å². The molecule has 4 fully saturated rings. The lowest BCUT2D eigenvalue weighted by atomic mass is 9.94. The predicted octanol–water partition coefficient (Wildman–Crippen LogP) is 4.68. The Hall–Kier alpha value is -4.73. The van der Waals surface area contributed by atoms with E-state index in [4.69, 9.17) is 15.3 Å². The van der Waals surface area contributed by atoms with Crippen molar-refractivity contribution in [2.24, 2.45) is 5.92 Å². The highest BCUT2D eigenvalue weighted by Crippen LogP contribution is 2.36. The number of carbonyl (C=O) groups is 2. The molecular weight excluding hydrogens is 552 g/mol. The number of ether oxygens (including phenoxy) is 1. The van der Waals surface area contributed by atoms with E-state index in [9.17, 15) is 9.59 Å². The Bertz CT molecular complexity index is 1550. The van der Waals surface area contributed by atoms with Crippen LogP contribution in [-0.2, 0) is 6.54 Å². The molecule has 44 heavy (non-hydrogen) atoms. The SMILES string of the molecule is N#Cc1ccc(CN2CCC(NC(=O)c3ccc(C(=O)N4CC5CC[C@@H]4CC(Oc4ccc(C#N)cc4)C5)cn3)CC2)cc1. The van der Waals surface area contributed by atoms with E-state index < -0.39 is 0 Å². The van der Waals surface area contributed by atoms with Crippen LogP contribution in [0.1, 0.15) is 76.1 Å². The van der Waals surface area contributed by atoms with Gasteiger partial charge in [-0.05, 0) is 92.1 Å². The summed E-state index contributed by atoms with van der Waals surface area (Å²) in [5.41, 5.74) is 3.25. The van der Waals surface area contributed by atoms with E-state index in [0.29, 0.717) is 34.8 Å². The number of hydrogen-bond donors (Lipinski definition) is 1. The third-order valence-corrected chi connectivity index (χ3v) is 9.14. The summed E-state index contributed by atoms with van der Waals surface area (Å²) in [7, 11) is 0. The van der Waals surface area contributed by atoms with Crippen LogP contribution in [0.4, 0.5) is 0 Å². The first-order valence-corrected chi connectivity index (χ1v) is 15.4. The minimum atomic E-state index is -0.217. The van der Waals surface area contributed by atoms with Gasteiger partial charge in [0, 0.05) is 50.9 Å². The highest BCUT2D eigenvalue weighted by atomic mass is 16.5. The van der Waals surface area contributed by atoms with Crippen molar-refractivity contribution in [3.8, 4) is 17.9 Å². The van der Waals surface area contributed by atoms with Gasteiger partial charge in [-0.1, -0.05) is 12.1 Å². The Morgan fingerprint density at radius 3 is 2.25 bits per heavy atom. The van der Waals surface area contributed by atoms with Gasteiger partial charge >= 0.3 is 0 Å². The Balaban J connectivity index is 0.996. The number of hydrogen-bond acceptors (Lipinski definition) is 7. The fourth-order valence-corrected chi connectivity index (χ4v) is 6.72. The number of nitrogens with zero attached hydrogens (tertiary/aromatic N) is 5. The van der Waals surface area contributed by atoms with E-state index in [1.807, 2.05) is 41.3 Å². The van der Waals surface area contributed by atoms with Crippen molar-refractivity contribution < 1.29 is 14.3 Å². The summed E-state index contributed by atoms with van der Waals surface area (Å²) >= 11 is 0. The van der Waals surface area contributed by atoms with Crippen molar-refractivity contribution in [1.82, 2.24) is 20.1 Å². The molecule has 2 amide bonds. The first-order valence-electron chi connectivity index (χ1n) is 15.4. The average Bonchev–Trinajstić information content (AvgIpc) is 3.37. The molecular formula is C35H36N6O3. The molecule has 0 radical (unpaired) electrons. The molecule has 224 valence electrons. The second-order valence-corrected chi connectivity index (χ2v) is 12.2. The van der Waals surface area contributed by atoms with Gasteiger partial charge in [0.1, 0.15) is 17.5 Å². The topological polar surface area (TPSA) is 122 Å². The third-order valence-electron chi connectivity index (χ3n) is 9.14. The molecule has 1 aromatic heterocycles. The summed E-state index contributed by atoms with van der Waals surface area (Å²) in [5.74, 6) is 0.855. The molecule has 4 heterocycles. The number of likely N-dealkylation sites (tertiary alicyclic amines) is 1. The van der Waals surface area contributed by atoms with Crippen LogP contribution in [0.25, 0.3) is 0 Å². The van der Waals surface area contributed by atoms with Gasteiger partial charge in [-0.2, -0.15) is 10.5 Å². The fourth-order valence-electron chi connectivity index (χ4n) is 6.72. The second-order valence-electron chi connectivity index (χ2n) is 12.2. The van der Waals surface area contributed by atoms with E-state index in [0.717, 1.165) is 63.9 Å². The summed E-state index contributed by atoms with van der Waals surface area (Å²) < 4.78 is 6.28. The van der Waals surface area contributed by atoms with Crippen molar-refractivity contribution in [1.29, 1.82) is 10.5 Å². The van der Waals surface area contributed by atoms with Crippen LogP contribution in [-0.4, -0.2) is 64.4 Å². The maximum absolute atomic E-state index is 13.6. The largest absolute Gasteiger partial charge is 0.490 e. The van der Waals surface area contributed by atoms with Crippen LogP contribution in [0, 0.1) is 28.6 Å². The van der Waals surface area contributed by atoms with E-state index in [2.05, 4.69) is 27.3 Å². The van der Waals surface area contributed by atoms with Crippen LogP contribution in [0.2, 0.25) is 0 Å². The lowest BCUT2D eigenvalue weighted by molar-refractivity contribution is 0.0563. The van der Waals surface area contributed by atoms with Gasteiger partial charge in [-0.15, -0.1) is 0 Å². The van der Waals surface area contributed by atoms with Crippen molar-refractivity contribution in [2.75, 3.05) is 19.6 Å². The highest BCUT2D eigenvalue weighted by molar-refractivity contribution is 5.96. The third kappa shape index (κ3) is 6.90. The van der Waals surface area contributed by atoms with Gasteiger partial charge in [0.05, 0.1) is 28.8 Å². The zero-order chi connectivity index (χ0) is 30.5. The standard InChI is InChI=1S/C35H36N6O3/c36-19-24-1-3-26(4-2-24)22-40-15-13-29(14-16-40)39-34(42)33-12-8-28(21-38-33)35(43)41-23-27-5-9-30(41)18-32(17-27)44-31-10-6-25(20-37)7-11-31/h1-4,6-8,10-12,21,27,29-30,32H,5,9,13-18,22-23H2,(H,39,42)/t27?,30-,32?/m1/s1. The minimum absolute atomic E-state index is 0.0188. The molecule has 2 unspecified atom stereocenters. The Labute approximate surface area is 258 Å². The normalized spacial score (nSPS) is 22.0. The van der Waals surface area contributed by atoms with Crippen LogP contribution >= 0.6 is 0 Å². The van der Waals surface area contributed by atoms with Gasteiger partial charge in [-0.3, -0.25) is 19.5 Å². The van der Waals surface area contributed by atoms with Crippen LogP contribution < -0.4 is 10.1 Å². The molecule has 1 saturated carbocycles. The van der Waals surface area contributed by atoms with E-state index in [-0.39, 0.29) is 30.0 Å². The number of benzene rings is 2. The number of nitriles is 2. The van der Waals surface area contributed by atoms with Crippen molar-refractivity contribution in [3.63, 3.8) is 0 Å². The number of aromatic nitrogens is 1. The fraction of sp³-hybridized carbons (Fsp3) is 0.400. The summed E-state index contributed by atoms with van der Waals surface area (Å²) in [4.78, 5) is 35.2. The number of pyridine rings is 1. The summed E-state index contributed by atoms with van der Waals surface area (Å²) in [5, 5.41) is 21.2. The van der Waals surface area contributed by atoms with Gasteiger partial charge in [0.2, 0.25) is 0 Å². The summed E-state index contributed by atoms with van der Waals surface area (Å²) in [6.07, 6.45) is 6.94. The van der Waals surface area contributed by atoms with E-state index >= 15 is 0 Å². The molecule has 2 aromatic carbocycles. The molecule has 7 rings (SSSR count). The first-order chi connectivity index (χ1) is 21.5. The smallest absolute Gasteiger partial charge is 0.270 e. The Morgan fingerprint density at radius 2 is 1.59 bits per heavy atom. The zero-order valence-corrected chi connectivity index (χ0v) is 24.7. The molecule has 3 aromatic rings. The molecule has 3 aliphatic heterocycles. The molecule has 2 bridgehead atoms. The number of rotatable bonds is 7. The predicted molar refractivity (Wildman–Crippen MR) is 164 cm³/mol. The molecule has 3 saturated heterocycles. The quantitative estimate of drug-likeness (QED) is 0.425. The Morgan fingerprint density at radius 1 is 0.886 bits per heavy atom. The molecule has 3 atom stereocenters. The zero-order valence-electron chi connectivity index (χ0n) is 24.7. The minimum Gasteiger partial charge on any atom is -0.490 e. The number of carbonyl (C=O) groups excluding carboxylic acids is 2.